The number of benzene rings is 8. The molecule has 256 valence electrons. The first kappa shape index (κ1) is 31.1. The second-order valence-corrected chi connectivity index (χ2v) is 13.9. The summed E-state index contributed by atoms with van der Waals surface area (Å²) in [5, 5.41) is 6.50. The molecule has 11 rings (SSSR count). The van der Waals surface area contributed by atoms with Crippen molar-refractivity contribution in [2.24, 2.45) is 0 Å². The fraction of sp³-hybridized carbons (Fsp3) is 0. The highest BCUT2D eigenvalue weighted by Gasteiger charge is 2.22. The Labute approximate surface area is 317 Å². The van der Waals surface area contributed by atoms with Crippen LogP contribution < -0.4 is 0 Å². The van der Waals surface area contributed by atoms with Crippen molar-refractivity contribution < 1.29 is 4.42 Å². The maximum absolute atomic E-state index is 6.61. The van der Waals surface area contributed by atoms with Gasteiger partial charge in [0.05, 0.1) is 22.4 Å². The molecule has 4 heteroatoms. The molecule has 0 unspecified atom stereocenters. The third-order valence-corrected chi connectivity index (χ3v) is 10.6. The third kappa shape index (κ3) is 5.19. The number of para-hydroxylation sites is 3. The SMILES string of the molecule is c1ccc(-c2cccc(-c3nc(-c4cccc(-c5nc6ccccc6c6c(-c7ccccc7)c7c(cc56)oc5ccccc57)c4)c4ccccc4n3)c2)cc1. The highest BCUT2D eigenvalue weighted by Crippen LogP contribution is 2.46. The van der Waals surface area contributed by atoms with E-state index >= 15 is 0 Å². The third-order valence-electron chi connectivity index (χ3n) is 10.6. The van der Waals surface area contributed by atoms with E-state index in [1.807, 2.05) is 24.3 Å². The van der Waals surface area contributed by atoms with Gasteiger partial charge >= 0.3 is 0 Å². The van der Waals surface area contributed by atoms with E-state index in [4.69, 9.17) is 19.4 Å². The molecule has 0 aliphatic carbocycles. The van der Waals surface area contributed by atoms with Gasteiger partial charge < -0.3 is 4.42 Å². The van der Waals surface area contributed by atoms with Crippen LogP contribution in [0.5, 0.6) is 0 Å². The van der Waals surface area contributed by atoms with E-state index in [1.165, 1.54) is 0 Å². The molecule has 0 saturated heterocycles. The topological polar surface area (TPSA) is 51.8 Å². The van der Waals surface area contributed by atoms with Gasteiger partial charge in [-0.2, -0.15) is 0 Å². The van der Waals surface area contributed by atoms with Gasteiger partial charge in [-0.1, -0.05) is 152 Å². The summed E-state index contributed by atoms with van der Waals surface area (Å²) >= 11 is 0. The Morgan fingerprint density at radius 3 is 1.62 bits per heavy atom. The molecular weight excluding hydrogens is 671 g/mol. The number of hydrogen-bond acceptors (Lipinski definition) is 4. The lowest BCUT2D eigenvalue weighted by Gasteiger charge is -2.16. The Kier molecular flexibility index (Phi) is 7.14. The fourth-order valence-electron chi connectivity index (χ4n) is 8.14. The van der Waals surface area contributed by atoms with E-state index in [1.54, 1.807) is 0 Å². The van der Waals surface area contributed by atoms with E-state index in [2.05, 4.69) is 164 Å². The fourth-order valence-corrected chi connectivity index (χ4v) is 8.14. The Morgan fingerprint density at radius 2 is 0.855 bits per heavy atom. The lowest BCUT2D eigenvalue weighted by Crippen LogP contribution is -1.96. The van der Waals surface area contributed by atoms with Crippen molar-refractivity contribution in [1.82, 2.24) is 15.0 Å². The minimum atomic E-state index is 0.686. The van der Waals surface area contributed by atoms with Gasteiger partial charge in [-0.05, 0) is 53.1 Å². The van der Waals surface area contributed by atoms with Crippen LogP contribution in [0.25, 0.3) is 111 Å². The number of hydrogen-bond donors (Lipinski definition) is 0. The monoisotopic (exact) mass is 701 g/mol. The molecule has 0 aliphatic rings. The van der Waals surface area contributed by atoms with Crippen LogP contribution in [0.4, 0.5) is 0 Å². The van der Waals surface area contributed by atoms with Gasteiger partial charge in [-0.15, -0.1) is 0 Å². The molecule has 0 aliphatic heterocycles. The average molecular weight is 702 g/mol. The summed E-state index contributed by atoms with van der Waals surface area (Å²) in [6.45, 7) is 0. The molecule has 0 amide bonds. The second kappa shape index (κ2) is 12.6. The summed E-state index contributed by atoms with van der Waals surface area (Å²) in [6, 6.07) is 65.4. The van der Waals surface area contributed by atoms with E-state index in [-0.39, 0.29) is 0 Å². The number of furan rings is 1. The molecule has 55 heavy (non-hydrogen) atoms. The van der Waals surface area contributed by atoms with Crippen LogP contribution in [0.2, 0.25) is 0 Å². The normalized spacial score (nSPS) is 11.6. The highest BCUT2D eigenvalue weighted by atomic mass is 16.3. The largest absolute Gasteiger partial charge is 0.456 e. The van der Waals surface area contributed by atoms with Crippen molar-refractivity contribution >= 4 is 54.5 Å². The van der Waals surface area contributed by atoms with Crippen LogP contribution in [0, 0.1) is 0 Å². The summed E-state index contributed by atoms with van der Waals surface area (Å²) in [5.74, 6) is 0.686. The Hall–Kier alpha value is -7.43. The molecule has 0 radical (unpaired) electrons. The zero-order valence-corrected chi connectivity index (χ0v) is 29.6. The highest BCUT2D eigenvalue weighted by molar-refractivity contribution is 6.27. The molecule has 3 heterocycles. The lowest BCUT2D eigenvalue weighted by molar-refractivity contribution is 0.669. The summed E-state index contributed by atoms with van der Waals surface area (Å²) in [5.41, 5.74) is 12.8. The van der Waals surface area contributed by atoms with Crippen LogP contribution in [-0.2, 0) is 0 Å². The first-order chi connectivity index (χ1) is 27.3. The van der Waals surface area contributed by atoms with Crippen LogP contribution in [-0.4, -0.2) is 15.0 Å². The van der Waals surface area contributed by atoms with Gasteiger partial charge in [0, 0.05) is 54.6 Å². The number of aromatic nitrogens is 3. The molecule has 0 saturated carbocycles. The summed E-state index contributed by atoms with van der Waals surface area (Å²) in [6.07, 6.45) is 0. The summed E-state index contributed by atoms with van der Waals surface area (Å²) < 4.78 is 6.61. The van der Waals surface area contributed by atoms with Gasteiger partial charge in [0.25, 0.3) is 0 Å². The van der Waals surface area contributed by atoms with Crippen molar-refractivity contribution in [2.75, 3.05) is 0 Å². The minimum absolute atomic E-state index is 0.686. The first-order valence-electron chi connectivity index (χ1n) is 18.5. The molecule has 0 bridgehead atoms. The first-order valence-corrected chi connectivity index (χ1v) is 18.5. The van der Waals surface area contributed by atoms with Crippen LogP contribution >= 0.6 is 0 Å². The van der Waals surface area contributed by atoms with Gasteiger partial charge in [-0.25, -0.2) is 15.0 Å². The van der Waals surface area contributed by atoms with E-state index in [9.17, 15) is 0 Å². The van der Waals surface area contributed by atoms with E-state index in [0.717, 1.165) is 105 Å². The van der Waals surface area contributed by atoms with Crippen molar-refractivity contribution in [3.63, 3.8) is 0 Å². The Balaban J connectivity index is 1.16. The molecule has 11 aromatic rings. The maximum atomic E-state index is 6.61. The zero-order valence-electron chi connectivity index (χ0n) is 29.6. The Morgan fingerprint density at radius 1 is 0.309 bits per heavy atom. The number of nitrogens with zero attached hydrogens (tertiary/aromatic N) is 3. The van der Waals surface area contributed by atoms with Crippen molar-refractivity contribution in [3.05, 3.63) is 188 Å². The van der Waals surface area contributed by atoms with Gasteiger partial charge in [-0.3, -0.25) is 0 Å². The minimum Gasteiger partial charge on any atom is -0.456 e. The second-order valence-electron chi connectivity index (χ2n) is 13.9. The van der Waals surface area contributed by atoms with Gasteiger partial charge in [0.2, 0.25) is 0 Å². The summed E-state index contributed by atoms with van der Waals surface area (Å²) in [7, 11) is 0. The van der Waals surface area contributed by atoms with Gasteiger partial charge in [0.15, 0.2) is 5.82 Å². The Bertz CT molecular complexity index is 3260. The molecule has 3 aromatic heterocycles. The predicted molar refractivity (Wildman–Crippen MR) is 227 cm³/mol. The van der Waals surface area contributed by atoms with Crippen LogP contribution in [0.1, 0.15) is 0 Å². The van der Waals surface area contributed by atoms with Gasteiger partial charge in [0.1, 0.15) is 11.2 Å². The van der Waals surface area contributed by atoms with Crippen LogP contribution in [0.3, 0.4) is 0 Å². The number of pyridine rings is 1. The average Bonchev–Trinajstić information content (AvgIpc) is 3.64. The molecular formula is C51H31N3O. The predicted octanol–water partition coefficient (Wildman–Crippen LogP) is 13.6. The molecule has 0 spiro atoms. The maximum Gasteiger partial charge on any atom is 0.160 e. The standard InChI is InChI=1S/C51H31N3O/c1-3-15-32(16-4-1)34-19-13-22-37(29-34)51-53-43-27-11-8-24-39(43)49(54-51)35-20-14-21-36(30-35)50-41-31-45-48(40-25-9-12-28-44(40)55-45)46(33-17-5-2-6-18-33)47(41)38-23-7-10-26-42(38)52-50/h1-31H. The summed E-state index contributed by atoms with van der Waals surface area (Å²) in [4.78, 5) is 15.8. The van der Waals surface area contributed by atoms with Crippen molar-refractivity contribution in [2.45, 2.75) is 0 Å². The lowest BCUT2D eigenvalue weighted by atomic mass is 9.89. The van der Waals surface area contributed by atoms with Crippen LogP contribution in [0.15, 0.2) is 192 Å². The molecule has 4 nitrogen and oxygen atoms in total. The van der Waals surface area contributed by atoms with Crippen molar-refractivity contribution in [1.29, 1.82) is 0 Å². The smallest absolute Gasteiger partial charge is 0.160 e. The van der Waals surface area contributed by atoms with E-state index in [0.29, 0.717) is 5.82 Å². The van der Waals surface area contributed by atoms with E-state index < -0.39 is 0 Å². The quantitative estimate of drug-likeness (QED) is 0.168. The number of fused-ring (bicyclic) bond motifs is 7. The molecule has 0 fully saturated rings. The molecule has 0 atom stereocenters. The molecule has 8 aromatic carbocycles. The van der Waals surface area contributed by atoms with Crippen molar-refractivity contribution in [3.8, 4) is 56.2 Å². The number of rotatable bonds is 5. The molecule has 0 N–H and O–H groups in total. The zero-order chi connectivity index (χ0) is 36.3.